The van der Waals surface area contributed by atoms with Crippen molar-refractivity contribution in [2.24, 2.45) is 0 Å². The molecule has 168 valence electrons. The number of aromatic nitrogens is 2. The number of esters is 1. The van der Waals surface area contributed by atoms with E-state index in [-0.39, 0.29) is 38.8 Å². The van der Waals surface area contributed by atoms with Crippen LogP contribution in [0.3, 0.4) is 0 Å². The summed E-state index contributed by atoms with van der Waals surface area (Å²) in [5.74, 6) is -1.11. The third-order valence-corrected chi connectivity index (χ3v) is 7.17. The normalized spacial score (nSPS) is 12.5. The fraction of sp³-hybridized carbons (Fsp3) is 0.333. The van der Waals surface area contributed by atoms with Gasteiger partial charge in [-0.15, -0.1) is 0 Å². The van der Waals surface area contributed by atoms with Crippen LogP contribution in [0.25, 0.3) is 0 Å². The molecule has 31 heavy (non-hydrogen) atoms. The molecule has 13 heteroatoms. The Labute approximate surface area is 189 Å². The van der Waals surface area contributed by atoms with E-state index >= 15 is 0 Å². The van der Waals surface area contributed by atoms with E-state index in [1.54, 1.807) is 13.8 Å². The second kappa shape index (κ2) is 10.3. The summed E-state index contributed by atoms with van der Waals surface area (Å²) in [4.78, 5) is 32.3. The minimum atomic E-state index is -3.78. The van der Waals surface area contributed by atoms with Gasteiger partial charge in [0.15, 0.2) is 5.16 Å². The summed E-state index contributed by atoms with van der Waals surface area (Å²) in [6.45, 7) is 3.47. The number of carbonyl (C=O) groups excluding carboxylic acids is 2. The number of sulfonamides is 1. The molecule has 0 fully saturated rings. The molecule has 1 unspecified atom stereocenters. The Kier molecular flexibility index (Phi) is 8.23. The molecule has 1 heterocycles. The number of hydrogen-bond donors (Lipinski definition) is 2. The molecule has 0 spiro atoms. The number of ether oxygens (including phenoxy) is 1. The van der Waals surface area contributed by atoms with Gasteiger partial charge in [0.2, 0.25) is 15.9 Å². The Hall–Kier alpha value is -2.41. The second-order valence-electron chi connectivity index (χ2n) is 6.35. The van der Waals surface area contributed by atoms with Gasteiger partial charge in [0.25, 0.3) is 0 Å². The fourth-order valence-corrected chi connectivity index (χ4v) is 4.37. The zero-order valence-corrected chi connectivity index (χ0v) is 19.6. The lowest BCUT2D eigenvalue weighted by Gasteiger charge is -2.15. The van der Waals surface area contributed by atoms with Gasteiger partial charge in [0.05, 0.1) is 16.9 Å². The molecule has 1 aromatic carbocycles. The van der Waals surface area contributed by atoms with Crippen molar-refractivity contribution in [3.05, 3.63) is 35.0 Å². The number of nitrogens with zero attached hydrogens (tertiary/aromatic N) is 3. The quantitative estimate of drug-likeness (QED) is 0.325. The average Bonchev–Trinajstić information content (AvgIpc) is 2.69. The number of halogens is 1. The molecule has 10 nitrogen and oxygen atoms in total. The van der Waals surface area contributed by atoms with Crippen LogP contribution in [0, 0.1) is 0 Å². The molecule has 3 N–H and O–H groups in total. The number of hydrogen-bond acceptors (Lipinski definition) is 9. The number of nitrogens with two attached hydrogens (primary N) is 1. The summed E-state index contributed by atoms with van der Waals surface area (Å²) < 4.78 is 30.6. The van der Waals surface area contributed by atoms with Crippen molar-refractivity contribution in [2.45, 2.75) is 29.1 Å². The molecule has 2 rings (SSSR count). The van der Waals surface area contributed by atoms with Crippen molar-refractivity contribution >= 4 is 56.8 Å². The monoisotopic (exact) mass is 487 g/mol. The molecule has 1 aromatic heterocycles. The number of benzene rings is 1. The molecule has 0 bridgehead atoms. The molecule has 0 saturated carbocycles. The maximum Gasteiger partial charge on any atom is 0.343 e. The van der Waals surface area contributed by atoms with Crippen molar-refractivity contribution in [1.82, 2.24) is 14.3 Å². The van der Waals surface area contributed by atoms with Crippen molar-refractivity contribution in [3.8, 4) is 0 Å². The molecule has 0 aliphatic carbocycles. The zero-order chi connectivity index (χ0) is 23.3. The highest BCUT2D eigenvalue weighted by molar-refractivity contribution is 8.00. The number of rotatable bonds is 8. The Balaban J connectivity index is 2.13. The van der Waals surface area contributed by atoms with Gasteiger partial charge in [-0.05, 0) is 32.0 Å². The van der Waals surface area contributed by atoms with Crippen LogP contribution >= 0.6 is 23.4 Å². The first-order valence-electron chi connectivity index (χ1n) is 8.96. The average molecular weight is 488 g/mol. The highest BCUT2D eigenvalue weighted by Crippen LogP contribution is 2.28. The summed E-state index contributed by atoms with van der Waals surface area (Å²) in [6, 6.07) is 4.17. The minimum absolute atomic E-state index is 0.0408. The summed E-state index contributed by atoms with van der Waals surface area (Å²) in [5.41, 5.74) is 6.09. The largest absolute Gasteiger partial charge is 0.462 e. The summed E-state index contributed by atoms with van der Waals surface area (Å²) in [5, 5.41) is 2.22. The maximum absolute atomic E-state index is 12.6. The third kappa shape index (κ3) is 6.06. The number of nitrogens with one attached hydrogen (secondary N) is 1. The van der Waals surface area contributed by atoms with Gasteiger partial charge in [0, 0.05) is 26.0 Å². The van der Waals surface area contributed by atoms with Gasteiger partial charge in [-0.25, -0.2) is 27.5 Å². The van der Waals surface area contributed by atoms with Crippen LogP contribution in [0.4, 0.5) is 11.5 Å². The number of carbonyl (C=O) groups is 2. The van der Waals surface area contributed by atoms with Gasteiger partial charge in [0.1, 0.15) is 16.3 Å². The van der Waals surface area contributed by atoms with Crippen molar-refractivity contribution in [2.75, 3.05) is 31.8 Å². The molecule has 1 atom stereocenters. The minimum Gasteiger partial charge on any atom is -0.462 e. The van der Waals surface area contributed by atoms with Crippen LogP contribution in [0.15, 0.2) is 34.4 Å². The van der Waals surface area contributed by atoms with Crippen molar-refractivity contribution in [3.63, 3.8) is 0 Å². The first-order chi connectivity index (χ1) is 14.5. The third-order valence-electron chi connectivity index (χ3n) is 3.90. The smallest absolute Gasteiger partial charge is 0.343 e. The highest BCUT2D eigenvalue weighted by Gasteiger charge is 2.23. The van der Waals surface area contributed by atoms with Crippen LogP contribution < -0.4 is 11.1 Å². The van der Waals surface area contributed by atoms with Crippen LogP contribution in [0.1, 0.15) is 24.2 Å². The Morgan fingerprint density at radius 3 is 2.61 bits per heavy atom. The first kappa shape index (κ1) is 24.9. The van der Waals surface area contributed by atoms with Crippen molar-refractivity contribution < 1.29 is 22.7 Å². The van der Waals surface area contributed by atoms with E-state index in [9.17, 15) is 18.0 Å². The molecular weight excluding hydrogens is 466 g/mol. The summed E-state index contributed by atoms with van der Waals surface area (Å²) in [6.07, 6.45) is 1.24. The zero-order valence-electron chi connectivity index (χ0n) is 17.2. The molecule has 0 saturated heterocycles. The summed E-state index contributed by atoms with van der Waals surface area (Å²) >= 11 is 7.03. The highest BCUT2D eigenvalue weighted by atomic mass is 35.5. The number of nitrogen functional groups attached to an aromatic ring is 1. The van der Waals surface area contributed by atoms with Gasteiger partial charge in [-0.2, -0.15) is 0 Å². The van der Waals surface area contributed by atoms with Gasteiger partial charge in [-0.3, -0.25) is 4.79 Å². The number of thioether (sulfide) groups is 1. The van der Waals surface area contributed by atoms with Crippen LogP contribution in [0.2, 0.25) is 5.02 Å². The van der Waals surface area contributed by atoms with Crippen LogP contribution in [-0.4, -0.2) is 60.5 Å². The van der Waals surface area contributed by atoms with E-state index < -0.39 is 27.1 Å². The summed E-state index contributed by atoms with van der Waals surface area (Å²) in [7, 11) is -1.01. The SMILES string of the molecule is CCOC(=O)c1cnc(SC(C)C(=O)Nc2ccc(Cl)c(S(=O)(=O)N(C)C)c2)nc1N. The first-order valence-corrected chi connectivity index (χ1v) is 11.7. The lowest BCUT2D eigenvalue weighted by molar-refractivity contribution is -0.115. The van der Waals surface area contributed by atoms with E-state index in [0.717, 1.165) is 16.1 Å². The molecule has 1 amide bonds. The van der Waals surface area contributed by atoms with Crippen molar-refractivity contribution in [1.29, 1.82) is 0 Å². The van der Waals surface area contributed by atoms with E-state index in [0.29, 0.717) is 0 Å². The Morgan fingerprint density at radius 2 is 2.03 bits per heavy atom. The molecule has 0 aliphatic rings. The fourth-order valence-electron chi connectivity index (χ4n) is 2.23. The number of amides is 1. The number of anilines is 2. The second-order valence-corrected chi connectivity index (χ2v) is 10.2. The van der Waals surface area contributed by atoms with E-state index in [1.807, 2.05) is 0 Å². The van der Waals surface area contributed by atoms with E-state index in [2.05, 4.69) is 15.3 Å². The lowest BCUT2D eigenvalue weighted by atomic mass is 10.3. The predicted octanol–water partition coefficient (Wildman–Crippen LogP) is 2.26. The van der Waals surface area contributed by atoms with Gasteiger partial charge >= 0.3 is 5.97 Å². The van der Waals surface area contributed by atoms with Crippen LogP contribution in [0.5, 0.6) is 0 Å². The lowest BCUT2D eigenvalue weighted by Crippen LogP contribution is -2.24. The van der Waals surface area contributed by atoms with Gasteiger partial charge < -0.3 is 15.8 Å². The molecule has 0 radical (unpaired) electrons. The topological polar surface area (TPSA) is 145 Å². The van der Waals surface area contributed by atoms with E-state index in [4.69, 9.17) is 22.1 Å². The van der Waals surface area contributed by atoms with E-state index in [1.165, 1.54) is 38.5 Å². The molecule has 0 aliphatic heterocycles. The standard InChI is InChI=1S/C18H22ClN5O5S2/c1-5-29-17(26)12-9-21-18(23-15(12)20)30-10(2)16(25)22-11-6-7-13(19)14(8-11)31(27,28)24(3)4/h6-10H,5H2,1-4H3,(H,22,25)(H2,20,21,23). The molecule has 2 aromatic rings. The van der Waals surface area contributed by atoms with Crippen LogP contribution in [-0.2, 0) is 19.6 Å². The Bertz CT molecular complexity index is 1090. The molecular formula is C18H22ClN5O5S2. The maximum atomic E-state index is 12.6. The van der Waals surface area contributed by atoms with Gasteiger partial charge in [-0.1, -0.05) is 23.4 Å². The Morgan fingerprint density at radius 1 is 1.35 bits per heavy atom. The predicted molar refractivity (Wildman–Crippen MR) is 119 cm³/mol.